The molecule has 3 rings (SSSR count). The molecule has 0 fully saturated rings. The van der Waals surface area contributed by atoms with E-state index in [1.165, 1.54) is 23.5 Å². The van der Waals surface area contributed by atoms with Gasteiger partial charge in [0.25, 0.3) is 0 Å². The minimum absolute atomic E-state index is 0.132. The maximum Gasteiger partial charge on any atom is 0.239 e. The van der Waals surface area contributed by atoms with Crippen LogP contribution in [0.2, 0.25) is 0 Å². The third-order valence-corrected chi connectivity index (χ3v) is 6.79. The molecule has 0 aliphatic rings. The third kappa shape index (κ3) is 4.03. The highest BCUT2D eigenvalue weighted by Crippen LogP contribution is 2.30. The van der Waals surface area contributed by atoms with Crippen LogP contribution in [0, 0.1) is 13.8 Å². The van der Waals surface area contributed by atoms with Crippen molar-refractivity contribution in [3.63, 3.8) is 0 Å². The van der Waals surface area contributed by atoms with E-state index in [4.69, 9.17) is 0 Å². The largest absolute Gasteiger partial charge is 0.273 e. The van der Waals surface area contributed by atoms with Crippen LogP contribution in [0.1, 0.15) is 17.5 Å². The molecule has 0 aliphatic carbocycles. The minimum atomic E-state index is -3.47. The fourth-order valence-corrected chi connectivity index (χ4v) is 4.70. The zero-order valence-electron chi connectivity index (χ0n) is 14.4. The molecule has 26 heavy (non-hydrogen) atoms. The maximum atomic E-state index is 12.2. The van der Waals surface area contributed by atoms with Gasteiger partial charge in [0.15, 0.2) is 9.84 Å². The predicted octanol–water partition coefficient (Wildman–Crippen LogP) is 3.22. The number of carbonyl (C=O) groups is 1. The molecule has 1 aromatic heterocycles. The predicted molar refractivity (Wildman–Crippen MR) is 104 cm³/mol. The summed E-state index contributed by atoms with van der Waals surface area (Å²) in [6.07, 6.45) is -0.132. The molecule has 0 saturated heterocycles. The summed E-state index contributed by atoms with van der Waals surface area (Å²) < 4.78 is 25.4. The van der Waals surface area contributed by atoms with Crippen molar-refractivity contribution in [2.75, 3.05) is 11.2 Å². The molecule has 6 nitrogen and oxygen atoms in total. The Morgan fingerprint density at radius 2 is 1.77 bits per heavy atom. The molecule has 2 N–H and O–H groups in total. The number of hydrazine groups is 1. The summed E-state index contributed by atoms with van der Waals surface area (Å²) >= 11 is 1.45. The Morgan fingerprint density at radius 3 is 2.46 bits per heavy atom. The molecule has 0 radical (unpaired) electrons. The van der Waals surface area contributed by atoms with Gasteiger partial charge in [-0.05, 0) is 37.1 Å². The fourth-order valence-electron chi connectivity index (χ4n) is 2.47. The zero-order valence-corrected chi connectivity index (χ0v) is 16.1. The van der Waals surface area contributed by atoms with Gasteiger partial charge < -0.3 is 0 Å². The van der Waals surface area contributed by atoms with Crippen LogP contribution in [0.4, 0.5) is 5.13 Å². The van der Waals surface area contributed by atoms with Crippen LogP contribution < -0.4 is 10.9 Å². The summed E-state index contributed by atoms with van der Waals surface area (Å²) in [5, 5.41) is 0.566. The van der Waals surface area contributed by atoms with E-state index in [9.17, 15) is 13.2 Å². The van der Waals surface area contributed by atoms with E-state index in [1.54, 1.807) is 18.2 Å². The molecule has 0 spiro atoms. The van der Waals surface area contributed by atoms with Gasteiger partial charge in [-0.1, -0.05) is 41.7 Å². The smallest absolute Gasteiger partial charge is 0.239 e. The lowest BCUT2D eigenvalue weighted by Crippen LogP contribution is -2.30. The van der Waals surface area contributed by atoms with Crippen molar-refractivity contribution in [1.29, 1.82) is 0 Å². The van der Waals surface area contributed by atoms with Crippen LogP contribution in [0.15, 0.2) is 47.4 Å². The highest BCUT2D eigenvalue weighted by atomic mass is 32.2. The van der Waals surface area contributed by atoms with E-state index in [0.29, 0.717) is 5.13 Å². The SMILES string of the molecule is Cc1ccc(C)c2sc(NNC(=O)CCS(=O)(=O)c3ccccc3)nc12. The Morgan fingerprint density at radius 1 is 1.08 bits per heavy atom. The lowest BCUT2D eigenvalue weighted by atomic mass is 10.1. The van der Waals surface area contributed by atoms with Gasteiger partial charge in [-0.15, -0.1) is 0 Å². The van der Waals surface area contributed by atoms with Gasteiger partial charge >= 0.3 is 0 Å². The molecular weight excluding hydrogens is 370 g/mol. The Hall–Kier alpha value is -2.45. The number of rotatable bonds is 6. The number of amides is 1. The number of benzene rings is 2. The molecule has 0 aliphatic heterocycles. The number of hydrogen-bond acceptors (Lipinski definition) is 6. The first-order chi connectivity index (χ1) is 12.4. The zero-order chi connectivity index (χ0) is 18.7. The van der Waals surface area contributed by atoms with E-state index >= 15 is 0 Å². The number of anilines is 1. The standard InChI is InChI=1S/C18H19N3O3S2/c1-12-8-9-13(2)17-16(12)19-18(25-17)21-20-15(22)10-11-26(23,24)14-6-4-3-5-7-14/h3-9H,10-11H2,1-2H3,(H,19,21)(H,20,22). The first-order valence-corrected chi connectivity index (χ1v) is 10.5. The highest BCUT2D eigenvalue weighted by Gasteiger charge is 2.16. The average molecular weight is 390 g/mol. The maximum absolute atomic E-state index is 12.2. The van der Waals surface area contributed by atoms with Gasteiger partial charge in [0.1, 0.15) is 0 Å². The van der Waals surface area contributed by atoms with Gasteiger partial charge in [-0.3, -0.25) is 15.6 Å². The molecule has 0 unspecified atom stereocenters. The molecule has 0 saturated carbocycles. The topological polar surface area (TPSA) is 88.2 Å². The molecule has 0 bridgehead atoms. The van der Waals surface area contributed by atoms with Crippen molar-refractivity contribution < 1.29 is 13.2 Å². The van der Waals surface area contributed by atoms with Crippen LogP contribution in [-0.2, 0) is 14.6 Å². The van der Waals surface area contributed by atoms with Crippen LogP contribution in [0.5, 0.6) is 0 Å². The summed E-state index contributed by atoms with van der Waals surface area (Å²) in [6.45, 7) is 4.00. The van der Waals surface area contributed by atoms with Crippen molar-refractivity contribution in [3.05, 3.63) is 53.6 Å². The molecule has 1 amide bonds. The summed E-state index contributed by atoms with van der Waals surface area (Å²) in [5.74, 6) is -0.653. The number of nitrogens with zero attached hydrogens (tertiary/aromatic N) is 1. The van der Waals surface area contributed by atoms with Gasteiger partial charge in [0.2, 0.25) is 11.0 Å². The second kappa shape index (κ2) is 7.43. The first-order valence-electron chi connectivity index (χ1n) is 8.06. The number of aromatic nitrogens is 1. The van der Waals surface area contributed by atoms with E-state index in [2.05, 4.69) is 15.8 Å². The quantitative estimate of drug-likeness (QED) is 0.632. The number of aryl methyl sites for hydroxylation is 2. The number of fused-ring (bicyclic) bond motifs is 1. The van der Waals surface area contributed by atoms with Crippen LogP contribution in [-0.4, -0.2) is 25.1 Å². The number of hydrogen-bond donors (Lipinski definition) is 2. The van der Waals surface area contributed by atoms with Crippen LogP contribution >= 0.6 is 11.3 Å². The van der Waals surface area contributed by atoms with Gasteiger partial charge in [0, 0.05) is 6.42 Å². The van der Waals surface area contributed by atoms with Gasteiger partial charge in [0.05, 0.1) is 20.9 Å². The number of carbonyl (C=O) groups excluding carboxylic acids is 1. The molecule has 0 atom stereocenters. The van der Waals surface area contributed by atoms with Crippen LogP contribution in [0.3, 0.4) is 0 Å². The number of nitrogens with one attached hydrogen (secondary N) is 2. The van der Waals surface area contributed by atoms with Crippen molar-refractivity contribution in [2.24, 2.45) is 0 Å². The summed E-state index contributed by atoms with van der Waals surface area (Å²) in [7, 11) is -3.47. The fraction of sp³-hybridized carbons (Fsp3) is 0.222. The normalized spacial score (nSPS) is 11.5. The molecule has 8 heteroatoms. The third-order valence-electron chi connectivity index (χ3n) is 3.95. The summed E-state index contributed by atoms with van der Waals surface area (Å²) in [4.78, 5) is 16.7. The monoisotopic (exact) mass is 389 g/mol. The number of sulfone groups is 1. The van der Waals surface area contributed by atoms with Gasteiger partial charge in [-0.2, -0.15) is 0 Å². The Bertz CT molecular complexity index is 1010. The Balaban J connectivity index is 1.60. The molecule has 136 valence electrons. The molecule has 1 heterocycles. The van der Waals surface area contributed by atoms with Crippen LogP contribution in [0.25, 0.3) is 10.2 Å². The minimum Gasteiger partial charge on any atom is -0.273 e. The first kappa shape index (κ1) is 18.3. The second-order valence-corrected chi connectivity index (χ2v) is 9.06. The van der Waals surface area contributed by atoms with Gasteiger partial charge in [-0.25, -0.2) is 13.4 Å². The van der Waals surface area contributed by atoms with E-state index in [-0.39, 0.29) is 17.1 Å². The lowest BCUT2D eigenvalue weighted by molar-refractivity contribution is -0.120. The average Bonchev–Trinajstić information content (AvgIpc) is 3.08. The summed E-state index contributed by atoms with van der Waals surface area (Å²) in [6, 6.07) is 12.2. The Labute approximate surface area is 156 Å². The van der Waals surface area contributed by atoms with Crippen molar-refractivity contribution in [1.82, 2.24) is 10.4 Å². The van der Waals surface area contributed by atoms with Crippen molar-refractivity contribution in [3.8, 4) is 0 Å². The molecular formula is C18H19N3O3S2. The molecule has 2 aromatic carbocycles. The van der Waals surface area contributed by atoms with E-state index in [0.717, 1.165) is 21.3 Å². The second-order valence-electron chi connectivity index (χ2n) is 5.95. The highest BCUT2D eigenvalue weighted by molar-refractivity contribution is 7.91. The van der Waals surface area contributed by atoms with E-state index in [1.807, 2.05) is 26.0 Å². The summed E-state index contributed by atoms with van der Waals surface area (Å²) in [5.41, 5.74) is 8.38. The lowest BCUT2D eigenvalue weighted by Gasteiger charge is -2.06. The number of thiazole rings is 1. The van der Waals surface area contributed by atoms with Crippen molar-refractivity contribution in [2.45, 2.75) is 25.2 Å². The molecule has 3 aromatic rings. The van der Waals surface area contributed by atoms with Crippen molar-refractivity contribution >= 4 is 42.4 Å². The van der Waals surface area contributed by atoms with E-state index < -0.39 is 15.7 Å². The Kier molecular flexibility index (Phi) is 5.24.